The molecule has 1 saturated carbocycles. The van der Waals surface area contributed by atoms with Crippen LogP contribution in [0.2, 0.25) is 0 Å². The van der Waals surface area contributed by atoms with E-state index in [9.17, 15) is 14.4 Å². The first-order valence-corrected chi connectivity index (χ1v) is 9.93. The highest BCUT2D eigenvalue weighted by Crippen LogP contribution is 2.29. The van der Waals surface area contributed by atoms with Gasteiger partial charge in [-0.25, -0.2) is 0 Å². The molecule has 2 fully saturated rings. The Kier molecular flexibility index (Phi) is 6.48. The van der Waals surface area contributed by atoms with Crippen LogP contribution in [0.4, 0.5) is 5.69 Å². The van der Waals surface area contributed by atoms with Gasteiger partial charge in [-0.2, -0.15) is 0 Å². The molecule has 0 radical (unpaired) electrons. The lowest BCUT2D eigenvalue weighted by atomic mass is 9.81. The number of hydrogen-bond acceptors (Lipinski definition) is 3. The fourth-order valence-corrected chi connectivity index (χ4v) is 3.98. The molecule has 0 aromatic heterocycles. The lowest BCUT2D eigenvalue weighted by Crippen LogP contribution is -2.29. The van der Waals surface area contributed by atoms with E-state index in [1.54, 1.807) is 0 Å². The summed E-state index contributed by atoms with van der Waals surface area (Å²) in [4.78, 5) is 37.4. The number of nitrogens with one attached hydrogen (secondary N) is 1. The molecule has 0 spiro atoms. The minimum atomic E-state index is -0.757. The molecule has 1 aliphatic heterocycles. The number of carbonyl (C=O) groups excluding carboxylic acids is 2. The van der Waals surface area contributed by atoms with Gasteiger partial charge in [0, 0.05) is 31.1 Å². The molecular weight excluding hydrogens is 344 g/mol. The molecule has 27 heavy (non-hydrogen) atoms. The second-order valence-electron chi connectivity index (χ2n) is 7.66. The van der Waals surface area contributed by atoms with Crippen LogP contribution in [-0.2, 0) is 20.8 Å². The minimum Gasteiger partial charge on any atom is -0.481 e. The highest BCUT2D eigenvalue weighted by molar-refractivity contribution is 5.92. The number of benzene rings is 1. The Morgan fingerprint density at radius 1 is 0.963 bits per heavy atom. The van der Waals surface area contributed by atoms with Crippen molar-refractivity contribution in [3.8, 4) is 0 Å². The Morgan fingerprint density at radius 3 is 2.15 bits per heavy atom. The summed E-state index contributed by atoms with van der Waals surface area (Å²) in [6.45, 7) is 1.77. The van der Waals surface area contributed by atoms with Crippen molar-refractivity contribution in [2.75, 3.05) is 18.4 Å². The van der Waals surface area contributed by atoms with Crippen LogP contribution < -0.4 is 5.32 Å². The zero-order valence-electron chi connectivity index (χ0n) is 15.7. The zero-order chi connectivity index (χ0) is 19.2. The third-order valence-corrected chi connectivity index (χ3v) is 5.75. The number of likely N-dealkylation sites (tertiary alicyclic amines) is 1. The van der Waals surface area contributed by atoms with Gasteiger partial charge in [0.15, 0.2) is 0 Å². The van der Waals surface area contributed by atoms with E-state index in [-0.39, 0.29) is 23.7 Å². The topological polar surface area (TPSA) is 86.7 Å². The van der Waals surface area contributed by atoms with Gasteiger partial charge in [0.05, 0.1) is 5.92 Å². The molecule has 1 aromatic rings. The molecular formula is C21H28N2O4. The maximum atomic E-state index is 12.4. The summed E-state index contributed by atoms with van der Waals surface area (Å²) in [6.07, 6.45) is 5.84. The monoisotopic (exact) mass is 372 g/mol. The summed E-state index contributed by atoms with van der Waals surface area (Å²) in [5.74, 6) is -0.986. The number of carboxylic acids is 1. The average Bonchev–Trinajstić information content (AvgIpc) is 3.22. The highest BCUT2D eigenvalue weighted by atomic mass is 16.4. The molecule has 1 aliphatic carbocycles. The number of nitrogens with zero attached hydrogens (tertiary/aromatic N) is 1. The number of carbonyl (C=O) groups is 3. The summed E-state index contributed by atoms with van der Waals surface area (Å²) in [6, 6.07) is 7.65. The summed E-state index contributed by atoms with van der Waals surface area (Å²) >= 11 is 0. The van der Waals surface area contributed by atoms with Gasteiger partial charge in [-0.15, -0.1) is 0 Å². The van der Waals surface area contributed by atoms with E-state index in [2.05, 4.69) is 5.32 Å². The molecule has 1 saturated heterocycles. The molecule has 3 rings (SSSR count). The van der Waals surface area contributed by atoms with E-state index in [0.29, 0.717) is 38.5 Å². The van der Waals surface area contributed by atoms with Crippen LogP contribution in [0.5, 0.6) is 0 Å². The Morgan fingerprint density at radius 2 is 1.56 bits per heavy atom. The second kappa shape index (κ2) is 9.02. The first-order valence-electron chi connectivity index (χ1n) is 9.93. The lowest BCUT2D eigenvalue weighted by Gasteiger charge is -2.25. The van der Waals surface area contributed by atoms with Gasteiger partial charge in [0.25, 0.3) is 0 Å². The minimum absolute atomic E-state index is 0.0317. The van der Waals surface area contributed by atoms with Crippen LogP contribution in [0.15, 0.2) is 24.3 Å². The van der Waals surface area contributed by atoms with Crippen molar-refractivity contribution in [1.29, 1.82) is 0 Å². The number of hydrogen-bond donors (Lipinski definition) is 2. The van der Waals surface area contributed by atoms with Gasteiger partial charge in [0.2, 0.25) is 11.8 Å². The number of aliphatic carboxylic acids is 1. The van der Waals surface area contributed by atoms with Crippen LogP contribution in [0, 0.1) is 11.8 Å². The molecule has 0 atom stereocenters. The fraction of sp³-hybridized carbons (Fsp3) is 0.571. The van der Waals surface area contributed by atoms with Crippen molar-refractivity contribution in [3.63, 3.8) is 0 Å². The normalized spacial score (nSPS) is 22.4. The Balaban J connectivity index is 1.44. The molecule has 2 N–H and O–H groups in total. The molecule has 2 amide bonds. The quantitative estimate of drug-likeness (QED) is 0.803. The summed E-state index contributed by atoms with van der Waals surface area (Å²) in [5, 5.41) is 12.0. The number of aryl methyl sites for hydroxylation is 1. The van der Waals surface area contributed by atoms with Gasteiger partial charge < -0.3 is 15.3 Å². The Labute approximate surface area is 159 Å². The predicted octanol–water partition coefficient (Wildman–Crippen LogP) is 3.07. The molecule has 0 unspecified atom stereocenters. The van der Waals surface area contributed by atoms with Gasteiger partial charge in [-0.1, -0.05) is 12.1 Å². The van der Waals surface area contributed by atoms with Crippen LogP contribution in [-0.4, -0.2) is 40.9 Å². The zero-order valence-corrected chi connectivity index (χ0v) is 15.7. The van der Waals surface area contributed by atoms with Crippen molar-refractivity contribution >= 4 is 23.5 Å². The maximum Gasteiger partial charge on any atom is 0.306 e. The van der Waals surface area contributed by atoms with Crippen molar-refractivity contribution in [1.82, 2.24) is 4.90 Å². The van der Waals surface area contributed by atoms with E-state index in [0.717, 1.165) is 37.2 Å². The predicted molar refractivity (Wildman–Crippen MR) is 102 cm³/mol. The van der Waals surface area contributed by atoms with Gasteiger partial charge in [-0.05, 0) is 62.6 Å². The average molecular weight is 372 g/mol. The number of carboxylic acid groups (broad SMARTS) is 1. The third kappa shape index (κ3) is 5.31. The Hall–Kier alpha value is -2.37. The summed E-state index contributed by atoms with van der Waals surface area (Å²) < 4.78 is 0. The smallest absolute Gasteiger partial charge is 0.306 e. The van der Waals surface area contributed by atoms with Crippen LogP contribution in [0.3, 0.4) is 0 Å². The molecule has 1 aromatic carbocycles. The third-order valence-electron chi connectivity index (χ3n) is 5.75. The lowest BCUT2D eigenvalue weighted by molar-refractivity contribution is -0.143. The first kappa shape index (κ1) is 19.4. The number of anilines is 1. The van der Waals surface area contributed by atoms with E-state index in [4.69, 9.17) is 5.11 Å². The number of amides is 2. The molecule has 0 bridgehead atoms. The van der Waals surface area contributed by atoms with Crippen molar-refractivity contribution in [2.45, 2.75) is 51.4 Å². The van der Waals surface area contributed by atoms with Crippen LogP contribution >= 0.6 is 0 Å². The largest absolute Gasteiger partial charge is 0.481 e. The SMILES string of the molecule is O=C(O)C1CCC(C(=O)Nc2ccc(CCC(=O)N3CCCC3)cc2)CC1. The van der Waals surface area contributed by atoms with Crippen molar-refractivity contribution in [3.05, 3.63) is 29.8 Å². The molecule has 6 nitrogen and oxygen atoms in total. The van der Waals surface area contributed by atoms with Crippen LogP contribution in [0.25, 0.3) is 0 Å². The first-order chi connectivity index (χ1) is 13.0. The Bertz CT molecular complexity index is 672. The fourth-order valence-electron chi connectivity index (χ4n) is 3.98. The molecule has 146 valence electrons. The number of rotatable bonds is 6. The van der Waals surface area contributed by atoms with Crippen molar-refractivity contribution in [2.24, 2.45) is 11.8 Å². The second-order valence-corrected chi connectivity index (χ2v) is 7.66. The molecule has 1 heterocycles. The van der Waals surface area contributed by atoms with Gasteiger partial charge in [0.1, 0.15) is 0 Å². The standard InChI is InChI=1S/C21H28N2O4/c24-19(23-13-1-2-14-23)12-5-15-3-10-18(11-4-15)22-20(25)16-6-8-17(9-7-16)21(26)27/h3-4,10-11,16-17H,1-2,5-9,12-14H2,(H,22,25)(H,26,27). The summed E-state index contributed by atoms with van der Waals surface area (Å²) in [7, 11) is 0. The van der Waals surface area contributed by atoms with E-state index in [1.807, 2.05) is 29.2 Å². The van der Waals surface area contributed by atoms with E-state index >= 15 is 0 Å². The van der Waals surface area contributed by atoms with E-state index in [1.165, 1.54) is 0 Å². The summed E-state index contributed by atoms with van der Waals surface area (Å²) in [5.41, 5.74) is 1.83. The highest BCUT2D eigenvalue weighted by Gasteiger charge is 2.29. The van der Waals surface area contributed by atoms with E-state index < -0.39 is 5.97 Å². The molecule has 6 heteroatoms. The molecule has 2 aliphatic rings. The van der Waals surface area contributed by atoms with Gasteiger partial charge in [-0.3, -0.25) is 14.4 Å². The van der Waals surface area contributed by atoms with Crippen molar-refractivity contribution < 1.29 is 19.5 Å². The van der Waals surface area contributed by atoms with Gasteiger partial charge >= 0.3 is 5.97 Å². The maximum absolute atomic E-state index is 12.4. The van der Waals surface area contributed by atoms with Crippen LogP contribution in [0.1, 0.15) is 50.5 Å².